The van der Waals surface area contributed by atoms with E-state index in [1.807, 2.05) is 6.07 Å². The van der Waals surface area contributed by atoms with E-state index >= 15 is 0 Å². The fourth-order valence-corrected chi connectivity index (χ4v) is 2.56. The van der Waals surface area contributed by atoms with Crippen molar-refractivity contribution in [2.24, 2.45) is 0 Å². The third-order valence-corrected chi connectivity index (χ3v) is 3.96. The highest BCUT2D eigenvalue weighted by Gasteiger charge is 2.19. The molecule has 0 bridgehead atoms. The number of benzene rings is 1. The number of ether oxygens (including phenoxy) is 1. The summed E-state index contributed by atoms with van der Waals surface area (Å²) in [6.45, 7) is 5.70. The Hall–Kier alpha value is -3.19. The van der Waals surface area contributed by atoms with Crippen molar-refractivity contribution < 1.29 is 9.53 Å². The van der Waals surface area contributed by atoms with Gasteiger partial charge in [0.15, 0.2) is 5.82 Å². The fourth-order valence-electron chi connectivity index (χ4n) is 2.39. The van der Waals surface area contributed by atoms with Gasteiger partial charge in [0.25, 0.3) is 5.91 Å². The quantitative estimate of drug-likeness (QED) is 0.608. The van der Waals surface area contributed by atoms with E-state index in [4.69, 9.17) is 16.3 Å². The predicted octanol–water partition coefficient (Wildman–Crippen LogP) is 3.58. The first-order valence-electron chi connectivity index (χ1n) is 8.25. The van der Waals surface area contributed by atoms with Crippen molar-refractivity contribution >= 4 is 17.5 Å². The first-order valence-corrected chi connectivity index (χ1v) is 8.63. The number of amides is 1. The van der Waals surface area contributed by atoms with Gasteiger partial charge in [0.2, 0.25) is 0 Å². The molecule has 0 fully saturated rings. The first-order chi connectivity index (χ1) is 13.1. The van der Waals surface area contributed by atoms with Crippen molar-refractivity contribution in [2.45, 2.75) is 13.0 Å². The van der Waals surface area contributed by atoms with Crippen LogP contribution in [0, 0.1) is 0 Å². The second-order valence-electron chi connectivity index (χ2n) is 5.72. The highest BCUT2D eigenvalue weighted by molar-refractivity contribution is 6.31. The highest BCUT2D eigenvalue weighted by Crippen LogP contribution is 2.24. The molecule has 138 valence electrons. The van der Waals surface area contributed by atoms with Crippen LogP contribution in [-0.2, 0) is 0 Å². The molecule has 0 saturated heterocycles. The molecule has 0 spiro atoms. The first kappa shape index (κ1) is 18.6. The molecule has 0 aliphatic heterocycles. The van der Waals surface area contributed by atoms with E-state index in [1.54, 1.807) is 49.7 Å². The molecule has 27 heavy (non-hydrogen) atoms. The standard InChI is InChI=1S/C19H18ClN5O2/c1-3-9-27-16-7-6-14(20)10-15(16)19(26)22-12(2)17-23-18(25-24-17)13-5-4-8-21-11-13/h3-8,10-12H,1,9H2,2H3,(H,22,26)(H,23,24,25)/t12-/m1/s1. The van der Waals surface area contributed by atoms with E-state index in [0.717, 1.165) is 5.56 Å². The second-order valence-corrected chi connectivity index (χ2v) is 6.16. The average Bonchev–Trinajstić information content (AvgIpc) is 3.18. The van der Waals surface area contributed by atoms with Gasteiger partial charge in [-0.15, -0.1) is 0 Å². The van der Waals surface area contributed by atoms with Gasteiger partial charge in [0, 0.05) is 23.0 Å². The Morgan fingerprint density at radius 2 is 2.30 bits per heavy atom. The average molecular weight is 384 g/mol. The highest BCUT2D eigenvalue weighted by atomic mass is 35.5. The zero-order chi connectivity index (χ0) is 19.2. The molecular formula is C19H18ClN5O2. The van der Waals surface area contributed by atoms with Gasteiger partial charge >= 0.3 is 0 Å². The van der Waals surface area contributed by atoms with Gasteiger partial charge in [-0.25, -0.2) is 4.98 Å². The second kappa shape index (κ2) is 8.46. The van der Waals surface area contributed by atoms with Crippen LogP contribution in [0.25, 0.3) is 11.4 Å². The van der Waals surface area contributed by atoms with Gasteiger partial charge in [-0.2, -0.15) is 5.10 Å². The molecule has 1 aromatic carbocycles. The van der Waals surface area contributed by atoms with Crippen LogP contribution in [-0.4, -0.2) is 32.7 Å². The Balaban J connectivity index is 1.75. The van der Waals surface area contributed by atoms with Gasteiger partial charge in [0.05, 0.1) is 11.6 Å². The number of halogens is 1. The molecule has 0 saturated carbocycles. The van der Waals surface area contributed by atoms with Crippen LogP contribution >= 0.6 is 11.6 Å². The van der Waals surface area contributed by atoms with Crippen LogP contribution < -0.4 is 10.1 Å². The molecule has 2 heterocycles. The Bertz CT molecular complexity index is 942. The minimum Gasteiger partial charge on any atom is -0.489 e. The summed E-state index contributed by atoms with van der Waals surface area (Å²) in [6, 6.07) is 8.14. The Morgan fingerprint density at radius 1 is 1.44 bits per heavy atom. The lowest BCUT2D eigenvalue weighted by Crippen LogP contribution is -2.28. The summed E-state index contributed by atoms with van der Waals surface area (Å²) in [5.41, 5.74) is 1.12. The SMILES string of the molecule is C=CCOc1ccc(Cl)cc1C(=O)N[C@H](C)c1nc(-c2cccnc2)n[nH]1. The number of hydrogen-bond acceptors (Lipinski definition) is 5. The van der Waals surface area contributed by atoms with E-state index in [9.17, 15) is 4.79 Å². The molecule has 7 nitrogen and oxygen atoms in total. The number of carbonyl (C=O) groups excluding carboxylic acids is 1. The van der Waals surface area contributed by atoms with Crippen molar-refractivity contribution in [1.29, 1.82) is 0 Å². The van der Waals surface area contributed by atoms with Crippen LogP contribution in [0.5, 0.6) is 5.75 Å². The van der Waals surface area contributed by atoms with Gasteiger partial charge in [-0.1, -0.05) is 24.3 Å². The molecule has 3 aromatic rings. The van der Waals surface area contributed by atoms with Gasteiger partial charge < -0.3 is 10.1 Å². The van der Waals surface area contributed by atoms with Crippen molar-refractivity contribution in [3.63, 3.8) is 0 Å². The van der Waals surface area contributed by atoms with Crippen molar-refractivity contribution in [2.75, 3.05) is 6.61 Å². The molecule has 0 aliphatic carbocycles. The van der Waals surface area contributed by atoms with Crippen LogP contribution in [0.15, 0.2) is 55.4 Å². The molecule has 2 N–H and O–H groups in total. The number of hydrogen-bond donors (Lipinski definition) is 2. The summed E-state index contributed by atoms with van der Waals surface area (Å²) in [6.07, 6.45) is 4.95. The summed E-state index contributed by atoms with van der Waals surface area (Å²) in [4.78, 5) is 21.2. The number of nitrogens with zero attached hydrogens (tertiary/aromatic N) is 3. The van der Waals surface area contributed by atoms with Crippen LogP contribution in [0.1, 0.15) is 29.1 Å². The van der Waals surface area contributed by atoms with Gasteiger partial charge in [-0.3, -0.25) is 14.9 Å². The number of pyridine rings is 1. The van der Waals surface area contributed by atoms with E-state index < -0.39 is 6.04 Å². The number of rotatable bonds is 7. The van der Waals surface area contributed by atoms with E-state index in [2.05, 4.69) is 32.1 Å². The van der Waals surface area contributed by atoms with E-state index in [-0.39, 0.29) is 12.5 Å². The van der Waals surface area contributed by atoms with Crippen LogP contribution in [0.4, 0.5) is 0 Å². The zero-order valence-electron chi connectivity index (χ0n) is 14.6. The summed E-state index contributed by atoms with van der Waals surface area (Å²) in [7, 11) is 0. The lowest BCUT2D eigenvalue weighted by Gasteiger charge is -2.14. The minimum absolute atomic E-state index is 0.286. The molecule has 1 amide bonds. The number of aromatic nitrogens is 4. The molecule has 0 unspecified atom stereocenters. The molecule has 2 aromatic heterocycles. The molecule has 0 radical (unpaired) electrons. The zero-order valence-corrected chi connectivity index (χ0v) is 15.4. The summed E-state index contributed by atoms with van der Waals surface area (Å²) >= 11 is 6.03. The number of nitrogens with one attached hydrogen (secondary N) is 2. The van der Waals surface area contributed by atoms with Crippen molar-refractivity contribution in [1.82, 2.24) is 25.5 Å². The maximum absolute atomic E-state index is 12.7. The maximum atomic E-state index is 12.7. The fraction of sp³-hybridized carbons (Fsp3) is 0.158. The number of H-pyrrole nitrogens is 1. The predicted molar refractivity (Wildman–Crippen MR) is 103 cm³/mol. The van der Waals surface area contributed by atoms with Crippen LogP contribution in [0.2, 0.25) is 5.02 Å². The van der Waals surface area contributed by atoms with E-state index in [0.29, 0.717) is 28.0 Å². The normalized spacial score (nSPS) is 11.6. The lowest BCUT2D eigenvalue weighted by molar-refractivity contribution is 0.0934. The van der Waals surface area contributed by atoms with Gasteiger partial charge in [0.1, 0.15) is 18.2 Å². The van der Waals surface area contributed by atoms with Crippen molar-refractivity contribution in [3.8, 4) is 17.1 Å². The Labute approximate surface area is 161 Å². The number of aromatic amines is 1. The summed E-state index contributed by atoms with van der Waals surface area (Å²) in [5, 5.41) is 10.3. The van der Waals surface area contributed by atoms with E-state index in [1.165, 1.54) is 0 Å². The smallest absolute Gasteiger partial charge is 0.255 e. The summed E-state index contributed by atoms with van der Waals surface area (Å²) in [5.74, 6) is 1.13. The Morgan fingerprint density at radius 3 is 3.04 bits per heavy atom. The Kier molecular flexibility index (Phi) is 5.83. The molecule has 8 heteroatoms. The monoisotopic (exact) mass is 383 g/mol. The molecular weight excluding hydrogens is 366 g/mol. The molecule has 3 rings (SSSR count). The third-order valence-electron chi connectivity index (χ3n) is 3.72. The minimum atomic E-state index is -0.401. The largest absolute Gasteiger partial charge is 0.489 e. The topological polar surface area (TPSA) is 92.8 Å². The maximum Gasteiger partial charge on any atom is 0.255 e. The third kappa shape index (κ3) is 4.51. The van der Waals surface area contributed by atoms with Crippen LogP contribution in [0.3, 0.4) is 0 Å². The molecule has 1 atom stereocenters. The number of carbonyl (C=O) groups is 1. The van der Waals surface area contributed by atoms with Gasteiger partial charge in [-0.05, 0) is 37.3 Å². The summed E-state index contributed by atoms with van der Waals surface area (Å²) < 4.78 is 5.53. The lowest BCUT2D eigenvalue weighted by atomic mass is 10.1. The van der Waals surface area contributed by atoms with Crippen molar-refractivity contribution in [3.05, 3.63) is 71.8 Å². The molecule has 0 aliphatic rings.